The highest BCUT2D eigenvalue weighted by molar-refractivity contribution is 6.01. The molecule has 3 amide bonds. The highest BCUT2D eigenvalue weighted by Gasteiger charge is 2.41. The highest BCUT2D eigenvalue weighted by Crippen LogP contribution is 2.23. The van der Waals surface area contributed by atoms with Crippen LogP contribution in [0.4, 0.5) is 4.39 Å². The Bertz CT molecular complexity index is 1010. The van der Waals surface area contributed by atoms with E-state index >= 15 is 0 Å². The van der Waals surface area contributed by atoms with Crippen molar-refractivity contribution >= 4 is 17.7 Å². The van der Waals surface area contributed by atoms with Crippen molar-refractivity contribution in [2.45, 2.75) is 50.4 Å². The number of benzene rings is 1. The fourth-order valence-corrected chi connectivity index (χ4v) is 4.52. The van der Waals surface area contributed by atoms with Crippen LogP contribution in [0.3, 0.4) is 0 Å². The van der Waals surface area contributed by atoms with E-state index in [9.17, 15) is 18.8 Å². The van der Waals surface area contributed by atoms with Gasteiger partial charge in [-0.2, -0.15) is 0 Å². The number of rotatable bonds is 4. The number of hydrogen-bond donors (Lipinski definition) is 2. The Kier molecular flexibility index (Phi) is 6.98. The molecule has 0 bridgehead atoms. The van der Waals surface area contributed by atoms with Crippen molar-refractivity contribution in [1.29, 1.82) is 0 Å². The minimum absolute atomic E-state index is 0.0665. The SMILES string of the molecule is NC1CCC(NC(=O)C2N(C(=O)c3ccncc3)CCCN2C(=O)c2cccc(F)c2)CC1. The van der Waals surface area contributed by atoms with Gasteiger partial charge in [-0.15, -0.1) is 0 Å². The summed E-state index contributed by atoms with van der Waals surface area (Å²) in [5.41, 5.74) is 6.50. The first-order valence-electron chi connectivity index (χ1n) is 11.3. The van der Waals surface area contributed by atoms with E-state index in [0.717, 1.165) is 31.7 Å². The number of aromatic nitrogens is 1. The normalized spacial score (nSPS) is 23.2. The highest BCUT2D eigenvalue weighted by atomic mass is 19.1. The molecule has 174 valence electrons. The molecule has 1 aliphatic carbocycles. The molecule has 0 spiro atoms. The predicted molar refractivity (Wildman–Crippen MR) is 119 cm³/mol. The number of carbonyl (C=O) groups is 3. The maximum absolute atomic E-state index is 13.8. The largest absolute Gasteiger partial charge is 0.350 e. The number of hydrogen-bond acceptors (Lipinski definition) is 5. The third kappa shape index (κ3) is 5.19. The Morgan fingerprint density at radius 2 is 1.58 bits per heavy atom. The summed E-state index contributed by atoms with van der Waals surface area (Å²) in [5.74, 6) is -1.81. The van der Waals surface area contributed by atoms with Gasteiger partial charge in [0.25, 0.3) is 17.7 Å². The zero-order valence-electron chi connectivity index (χ0n) is 18.3. The fourth-order valence-electron chi connectivity index (χ4n) is 4.52. The van der Waals surface area contributed by atoms with Gasteiger partial charge in [0.1, 0.15) is 5.82 Å². The first-order chi connectivity index (χ1) is 15.9. The predicted octanol–water partition coefficient (Wildman–Crippen LogP) is 1.92. The molecule has 9 heteroatoms. The quantitative estimate of drug-likeness (QED) is 0.735. The van der Waals surface area contributed by atoms with Gasteiger partial charge in [-0.3, -0.25) is 19.4 Å². The Labute approximate surface area is 192 Å². The monoisotopic (exact) mass is 453 g/mol. The van der Waals surface area contributed by atoms with Crippen LogP contribution in [0.25, 0.3) is 0 Å². The van der Waals surface area contributed by atoms with Crippen LogP contribution < -0.4 is 11.1 Å². The van der Waals surface area contributed by atoms with Gasteiger partial charge in [-0.05, 0) is 62.4 Å². The van der Waals surface area contributed by atoms with Crippen LogP contribution in [0.15, 0.2) is 48.8 Å². The number of nitrogens with two attached hydrogens (primary N) is 1. The summed E-state index contributed by atoms with van der Waals surface area (Å²) in [7, 11) is 0. The molecule has 33 heavy (non-hydrogen) atoms. The second-order valence-electron chi connectivity index (χ2n) is 8.59. The van der Waals surface area contributed by atoms with Crippen molar-refractivity contribution in [3.05, 3.63) is 65.7 Å². The molecule has 1 saturated heterocycles. The number of nitrogens with one attached hydrogen (secondary N) is 1. The van der Waals surface area contributed by atoms with Gasteiger partial charge in [-0.25, -0.2) is 4.39 Å². The molecule has 0 radical (unpaired) electrons. The van der Waals surface area contributed by atoms with Crippen LogP contribution in [0.1, 0.15) is 52.8 Å². The van der Waals surface area contributed by atoms with E-state index in [-0.39, 0.29) is 30.1 Å². The average molecular weight is 454 g/mol. The minimum atomic E-state index is -1.13. The van der Waals surface area contributed by atoms with Gasteiger partial charge in [0.15, 0.2) is 6.17 Å². The van der Waals surface area contributed by atoms with Crippen molar-refractivity contribution in [3.63, 3.8) is 0 Å². The van der Waals surface area contributed by atoms with Crippen molar-refractivity contribution in [1.82, 2.24) is 20.1 Å². The molecular formula is C24H28FN5O3. The van der Waals surface area contributed by atoms with E-state index in [1.807, 2.05) is 0 Å². The summed E-state index contributed by atoms with van der Waals surface area (Å²) in [5, 5.41) is 3.02. The first-order valence-corrected chi connectivity index (χ1v) is 11.3. The number of amides is 3. The maximum atomic E-state index is 13.8. The lowest BCUT2D eigenvalue weighted by Gasteiger charge is -2.43. The molecule has 2 heterocycles. The van der Waals surface area contributed by atoms with E-state index in [1.54, 1.807) is 12.1 Å². The molecule has 1 aliphatic heterocycles. The molecule has 3 N–H and O–H groups in total. The number of halogens is 1. The van der Waals surface area contributed by atoms with Gasteiger partial charge in [0, 0.05) is 48.7 Å². The molecule has 1 saturated carbocycles. The van der Waals surface area contributed by atoms with Gasteiger partial charge in [-0.1, -0.05) is 6.07 Å². The lowest BCUT2D eigenvalue weighted by Crippen LogP contribution is -2.64. The van der Waals surface area contributed by atoms with Crippen LogP contribution in [0, 0.1) is 5.82 Å². The summed E-state index contributed by atoms with van der Waals surface area (Å²) >= 11 is 0. The van der Waals surface area contributed by atoms with Crippen LogP contribution >= 0.6 is 0 Å². The molecule has 2 aliphatic rings. The van der Waals surface area contributed by atoms with E-state index < -0.39 is 23.8 Å². The Morgan fingerprint density at radius 1 is 0.939 bits per heavy atom. The van der Waals surface area contributed by atoms with Crippen LogP contribution in [-0.4, -0.2) is 63.8 Å². The average Bonchev–Trinajstić information content (AvgIpc) is 2.84. The summed E-state index contributed by atoms with van der Waals surface area (Å²) in [4.78, 5) is 46.8. The molecule has 1 aromatic heterocycles. The second kappa shape index (κ2) is 10.1. The Hall–Kier alpha value is -3.33. The molecule has 1 aromatic carbocycles. The molecule has 1 atom stereocenters. The third-order valence-electron chi connectivity index (χ3n) is 6.26. The van der Waals surface area contributed by atoms with E-state index in [4.69, 9.17) is 5.73 Å². The second-order valence-corrected chi connectivity index (χ2v) is 8.59. The molecule has 2 aromatic rings. The molecular weight excluding hydrogens is 425 g/mol. The number of pyridine rings is 1. The van der Waals surface area contributed by atoms with E-state index in [1.165, 1.54) is 40.4 Å². The first kappa shape index (κ1) is 22.8. The zero-order valence-corrected chi connectivity index (χ0v) is 18.3. The summed E-state index contributed by atoms with van der Waals surface area (Å²) < 4.78 is 13.8. The molecule has 1 unspecified atom stereocenters. The lowest BCUT2D eigenvalue weighted by molar-refractivity contribution is -0.133. The van der Waals surface area contributed by atoms with Gasteiger partial charge in [0.05, 0.1) is 0 Å². The lowest BCUT2D eigenvalue weighted by atomic mass is 9.91. The van der Waals surface area contributed by atoms with Gasteiger partial charge in [0.2, 0.25) is 0 Å². The van der Waals surface area contributed by atoms with Crippen molar-refractivity contribution in [2.75, 3.05) is 13.1 Å². The van der Waals surface area contributed by atoms with Crippen molar-refractivity contribution < 1.29 is 18.8 Å². The molecule has 8 nitrogen and oxygen atoms in total. The van der Waals surface area contributed by atoms with Crippen molar-refractivity contribution in [3.8, 4) is 0 Å². The Balaban J connectivity index is 1.63. The number of nitrogens with zero attached hydrogens (tertiary/aromatic N) is 3. The summed E-state index contributed by atoms with van der Waals surface area (Å²) in [6, 6.07) is 8.57. The minimum Gasteiger partial charge on any atom is -0.350 e. The molecule has 2 fully saturated rings. The van der Waals surface area contributed by atoms with E-state index in [2.05, 4.69) is 10.3 Å². The van der Waals surface area contributed by atoms with Crippen LogP contribution in [0.5, 0.6) is 0 Å². The van der Waals surface area contributed by atoms with E-state index in [0.29, 0.717) is 18.5 Å². The Morgan fingerprint density at radius 3 is 2.21 bits per heavy atom. The number of carbonyl (C=O) groups excluding carboxylic acids is 3. The zero-order chi connectivity index (χ0) is 23.4. The maximum Gasteiger partial charge on any atom is 0.264 e. The summed E-state index contributed by atoms with van der Waals surface area (Å²) in [6.07, 6.45) is 5.49. The van der Waals surface area contributed by atoms with Crippen LogP contribution in [-0.2, 0) is 4.79 Å². The van der Waals surface area contributed by atoms with Gasteiger partial charge >= 0.3 is 0 Å². The smallest absolute Gasteiger partial charge is 0.264 e. The fraction of sp³-hybridized carbons (Fsp3) is 0.417. The van der Waals surface area contributed by atoms with Crippen LogP contribution in [0.2, 0.25) is 0 Å². The topological polar surface area (TPSA) is 109 Å². The standard InChI is InChI=1S/C24H28FN5O3/c25-18-4-1-3-17(15-18)24(33)30-14-2-13-29(23(32)16-9-11-27-12-10-16)22(30)21(31)28-20-7-5-19(26)6-8-20/h1,3-4,9-12,15,19-20,22H,2,5-8,13-14,26H2,(H,28,31). The molecule has 4 rings (SSSR count). The summed E-state index contributed by atoms with van der Waals surface area (Å²) in [6.45, 7) is 0.602. The van der Waals surface area contributed by atoms with Crippen molar-refractivity contribution in [2.24, 2.45) is 5.73 Å². The third-order valence-corrected chi connectivity index (χ3v) is 6.26. The van der Waals surface area contributed by atoms with Gasteiger partial charge < -0.3 is 20.9 Å².